The highest BCUT2D eigenvalue weighted by molar-refractivity contribution is 5.70. The van der Waals surface area contributed by atoms with Gasteiger partial charge in [0.15, 0.2) is 17.5 Å². The fourth-order valence-corrected chi connectivity index (χ4v) is 2.88. The van der Waals surface area contributed by atoms with Gasteiger partial charge in [0.1, 0.15) is 11.4 Å². The van der Waals surface area contributed by atoms with Gasteiger partial charge in [-0.05, 0) is 36.2 Å². The van der Waals surface area contributed by atoms with Crippen LogP contribution in [-0.4, -0.2) is 35.1 Å². The summed E-state index contributed by atoms with van der Waals surface area (Å²) in [6.07, 6.45) is 2.50. The molecule has 7 nitrogen and oxygen atoms in total. The van der Waals surface area contributed by atoms with Crippen molar-refractivity contribution in [3.05, 3.63) is 60.6 Å². The molecule has 0 fully saturated rings. The smallest absolute Gasteiger partial charge is 0.183 e. The van der Waals surface area contributed by atoms with Crippen LogP contribution in [0, 0.1) is 5.92 Å². The summed E-state index contributed by atoms with van der Waals surface area (Å²) in [6, 6.07) is 14.6. The highest BCUT2D eigenvalue weighted by Crippen LogP contribution is 2.30. The zero-order chi connectivity index (χ0) is 18.8. The van der Waals surface area contributed by atoms with E-state index in [0.29, 0.717) is 34.5 Å². The molecule has 0 radical (unpaired) electrons. The van der Waals surface area contributed by atoms with E-state index in [1.165, 1.54) is 0 Å². The highest BCUT2D eigenvalue weighted by Gasteiger charge is 2.18. The molecule has 27 heavy (non-hydrogen) atoms. The predicted octanol–water partition coefficient (Wildman–Crippen LogP) is 3.62. The lowest BCUT2D eigenvalue weighted by Crippen LogP contribution is -2.03. The van der Waals surface area contributed by atoms with Crippen LogP contribution in [0.4, 0.5) is 0 Å². The molecule has 0 aliphatic carbocycles. The van der Waals surface area contributed by atoms with Crippen molar-refractivity contribution in [2.45, 2.75) is 20.3 Å². The van der Waals surface area contributed by atoms with Crippen molar-refractivity contribution in [3.63, 3.8) is 0 Å². The Morgan fingerprint density at radius 2 is 1.93 bits per heavy atom. The van der Waals surface area contributed by atoms with Crippen molar-refractivity contribution in [3.8, 4) is 34.3 Å². The molecular weight excluding hydrogens is 340 g/mol. The summed E-state index contributed by atoms with van der Waals surface area (Å²) in [6.45, 7) is 4.27. The van der Waals surface area contributed by atoms with E-state index in [4.69, 9.17) is 4.98 Å². The minimum Gasteiger partial charge on any atom is -0.507 e. The molecule has 0 spiro atoms. The van der Waals surface area contributed by atoms with Crippen LogP contribution in [0.25, 0.3) is 28.6 Å². The molecule has 0 aliphatic heterocycles. The van der Waals surface area contributed by atoms with Crippen molar-refractivity contribution in [1.82, 2.24) is 29.9 Å². The number of para-hydroxylation sites is 1. The summed E-state index contributed by atoms with van der Waals surface area (Å²) in [4.78, 5) is 9.10. The van der Waals surface area contributed by atoms with E-state index in [1.807, 2.05) is 36.4 Å². The van der Waals surface area contributed by atoms with Crippen LogP contribution in [0.15, 0.2) is 54.7 Å². The zero-order valence-corrected chi connectivity index (χ0v) is 15.2. The van der Waals surface area contributed by atoms with Crippen LogP contribution in [0.2, 0.25) is 0 Å². The number of aromatic nitrogens is 6. The molecule has 4 aromatic rings. The molecule has 136 valence electrons. The van der Waals surface area contributed by atoms with Gasteiger partial charge >= 0.3 is 0 Å². The maximum Gasteiger partial charge on any atom is 0.183 e. The maximum atomic E-state index is 10.1. The Hall–Kier alpha value is -3.48. The number of aromatic hydroxyl groups is 1. The Labute approximate surface area is 156 Å². The lowest BCUT2D eigenvalue weighted by molar-refractivity contribution is 0.477. The third kappa shape index (κ3) is 3.44. The van der Waals surface area contributed by atoms with Gasteiger partial charge < -0.3 is 5.11 Å². The first-order valence-corrected chi connectivity index (χ1v) is 8.83. The van der Waals surface area contributed by atoms with E-state index in [0.717, 1.165) is 12.2 Å². The lowest BCUT2D eigenvalue weighted by atomic mass is 10.1. The van der Waals surface area contributed by atoms with E-state index < -0.39 is 0 Å². The fourth-order valence-electron chi connectivity index (χ4n) is 2.88. The number of phenolic OH excluding ortho intramolecular Hbond substituents is 1. The average molecular weight is 360 g/mol. The zero-order valence-electron chi connectivity index (χ0n) is 15.2. The molecule has 7 heteroatoms. The van der Waals surface area contributed by atoms with E-state index >= 15 is 0 Å². The van der Waals surface area contributed by atoms with E-state index in [-0.39, 0.29) is 5.75 Å². The first-order valence-electron chi connectivity index (χ1n) is 8.83. The minimum atomic E-state index is 0.183. The fraction of sp³-hybridized carbons (Fsp3) is 0.200. The number of hydrogen-bond donors (Lipinski definition) is 2. The second-order valence-corrected chi connectivity index (χ2v) is 6.73. The summed E-state index contributed by atoms with van der Waals surface area (Å²) in [7, 11) is 0. The second kappa shape index (κ2) is 7.03. The SMILES string of the molecule is CC(C)Cc1nc(-c2cc(-c3ccccc3O)n[nH]2)n(-c2ccccn2)n1. The number of pyridine rings is 1. The standard InChI is InChI=1S/C20H20N6O/c1-13(2)11-18-22-20(26(25-18)19-9-5-6-10-21-19)16-12-15(23-24-16)14-7-3-4-8-17(14)27/h3-10,12-13,27H,11H2,1-2H3,(H,23,24). The van der Waals surface area contributed by atoms with Gasteiger partial charge in [0.2, 0.25) is 0 Å². The van der Waals surface area contributed by atoms with Gasteiger partial charge in [-0.2, -0.15) is 9.78 Å². The predicted molar refractivity (Wildman–Crippen MR) is 102 cm³/mol. The molecule has 1 aromatic carbocycles. The Kier molecular flexibility index (Phi) is 4.42. The average Bonchev–Trinajstić information content (AvgIpc) is 3.29. The van der Waals surface area contributed by atoms with Crippen LogP contribution < -0.4 is 0 Å². The molecule has 3 heterocycles. The summed E-state index contributed by atoms with van der Waals surface area (Å²) in [5.41, 5.74) is 2.01. The van der Waals surface area contributed by atoms with Crippen LogP contribution in [0.1, 0.15) is 19.7 Å². The Morgan fingerprint density at radius 1 is 1.11 bits per heavy atom. The number of nitrogens with one attached hydrogen (secondary N) is 1. The molecule has 0 amide bonds. The molecule has 0 unspecified atom stereocenters. The summed E-state index contributed by atoms with van der Waals surface area (Å²) in [5, 5.41) is 22.1. The van der Waals surface area contributed by atoms with Crippen molar-refractivity contribution in [2.75, 3.05) is 0 Å². The van der Waals surface area contributed by atoms with Crippen molar-refractivity contribution < 1.29 is 5.11 Å². The van der Waals surface area contributed by atoms with Gasteiger partial charge in [-0.15, -0.1) is 5.10 Å². The normalized spacial score (nSPS) is 11.2. The van der Waals surface area contributed by atoms with Crippen LogP contribution in [0.3, 0.4) is 0 Å². The maximum absolute atomic E-state index is 10.1. The van der Waals surface area contributed by atoms with Gasteiger partial charge in [-0.25, -0.2) is 9.97 Å². The number of aromatic amines is 1. The molecule has 2 N–H and O–H groups in total. The van der Waals surface area contributed by atoms with E-state index in [9.17, 15) is 5.11 Å². The number of nitrogens with zero attached hydrogens (tertiary/aromatic N) is 5. The monoisotopic (exact) mass is 360 g/mol. The number of phenols is 1. The van der Waals surface area contributed by atoms with E-state index in [1.54, 1.807) is 23.0 Å². The lowest BCUT2D eigenvalue weighted by Gasteiger charge is -2.02. The largest absolute Gasteiger partial charge is 0.507 e. The number of hydrogen-bond acceptors (Lipinski definition) is 5. The van der Waals surface area contributed by atoms with Crippen LogP contribution in [0.5, 0.6) is 5.75 Å². The summed E-state index contributed by atoms with van der Waals surface area (Å²) < 4.78 is 1.72. The van der Waals surface area contributed by atoms with Crippen molar-refractivity contribution >= 4 is 0 Å². The van der Waals surface area contributed by atoms with E-state index in [2.05, 4.69) is 34.1 Å². The van der Waals surface area contributed by atoms with Gasteiger partial charge in [0, 0.05) is 18.2 Å². The van der Waals surface area contributed by atoms with Gasteiger partial charge in [0.05, 0.1) is 5.69 Å². The quantitative estimate of drug-likeness (QED) is 0.567. The van der Waals surface area contributed by atoms with Gasteiger partial charge in [-0.1, -0.05) is 32.0 Å². The van der Waals surface area contributed by atoms with Crippen molar-refractivity contribution in [2.24, 2.45) is 5.92 Å². The third-order valence-corrected chi connectivity index (χ3v) is 4.11. The van der Waals surface area contributed by atoms with Gasteiger partial charge in [-0.3, -0.25) is 5.10 Å². The minimum absolute atomic E-state index is 0.183. The van der Waals surface area contributed by atoms with Crippen molar-refractivity contribution in [1.29, 1.82) is 0 Å². The summed E-state index contributed by atoms with van der Waals surface area (Å²) >= 11 is 0. The molecular formula is C20H20N6O. The van der Waals surface area contributed by atoms with Gasteiger partial charge in [0.25, 0.3) is 0 Å². The number of benzene rings is 1. The number of H-pyrrole nitrogens is 1. The Bertz CT molecular complexity index is 1050. The molecule has 0 aliphatic rings. The first-order chi connectivity index (χ1) is 13.1. The first kappa shape index (κ1) is 17.0. The highest BCUT2D eigenvalue weighted by atomic mass is 16.3. The topological polar surface area (TPSA) is 92.5 Å². The molecule has 0 saturated heterocycles. The molecule has 0 atom stereocenters. The Balaban J connectivity index is 1.79. The molecule has 3 aromatic heterocycles. The third-order valence-electron chi connectivity index (χ3n) is 4.11. The molecule has 4 rings (SSSR count). The second-order valence-electron chi connectivity index (χ2n) is 6.73. The Morgan fingerprint density at radius 3 is 2.67 bits per heavy atom. The number of rotatable bonds is 5. The molecule has 0 saturated carbocycles. The van der Waals surface area contributed by atoms with Crippen LogP contribution >= 0.6 is 0 Å². The van der Waals surface area contributed by atoms with Crippen LogP contribution in [-0.2, 0) is 6.42 Å². The molecule has 0 bridgehead atoms. The summed E-state index contributed by atoms with van der Waals surface area (Å²) in [5.74, 6) is 2.70.